The number of methoxy groups -OCH3 is 2. The number of carbonyl (C=O) groups is 3. The van der Waals surface area contributed by atoms with Crippen LogP contribution in [0.15, 0.2) is 34.9 Å². The minimum absolute atomic E-state index is 0.0263. The van der Waals surface area contributed by atoms with E-state index in [1.165, 1.54) is 44.7 Å². The number of nitrogens with zero attached hydrogens (tertiary/aromatic N) is 1. The van der Waals surface area contributed by atoms with Gasteiger partial charge >= 0.3 is 11.9 Å². The second kappa shape index (κ2) is 10.5. The number of furan rings is 1. The summed E-state index contributed by atoms with van der Waals surface area (Å²) in [7, 11) is 2.65. The van der Waals surface area contributed by atoms with Gasteiger partial charge in [-0.2, -0.15) is 0 Å². The molecule has 1 aliphatic heterocycles. The number of hydrogen-bond donors (Lipinski definition) is 0. The van der Waals surface area contributed by atoms with E-state index >= 15 is 0 Å². The Morgan fingerprint density at radius 1 is 1.03 bits per heavy atom. The van der Waals surface area contributed by atoms with E-state index in [1.807, 2.05) is 0 Å². The van der Waals surface area contributed by atoms with Crippen LogP contribution in [0.1, 0.15) is 26.5 Å². The zero-order valence-corrected chi connectivity index (χ0v) is 17.3. The van der Waals surface area contributed by atoms with E-state index in [0.717, 1.165) is 0 Å². The fraction of sp³-hybridized carbons (Fsp3) is 0.381. The first-order chi connectivity index (χ1) is 15.0. The van der Waals surface area contributed by atoms with Gasteiger partial charge in [-0.15, -0.1) is 0 Å². The number of hydrogen-bond acceptors (Lipinski definition) is 9. The highest BCUT2D eigenvalue weighted by atomic mass is 16.5. The summed E-state index contributed by atoms with van der Waals surface area (Å²) in [5.74, 6) is -0.875. The second-order valence-electron chi connectivity index (χ2n) is 6.49. The lowest BCUT2D eigenvalue weighted by atomic mass is 10.2. The third-order valence-electron chi connectivity index (χ3n) is 4.59. The first-order valence-electron chi connectivity index (χ1n) is 9.51. The van der Waals surface area contributed by atoms with Crippen molar-refractivity contribution < 1.29 is 42.5 Å². The van der Waals surface area contributed by atoms with Crippen molar-refractivity contribution in [3.05, 3.63) is 47.4 Å². The highest BCUT2D eigenvalue weighted by molar-refractivity contribution is 5.91. The summed E-state index contributed by atoms with van der Waals surface area (Å²) in [5, 5.41) is 0. The molecule has 166 valence electrons. The van der Waals surface area contributed by atoms with Crippen molar-refractivity contribution in [3.63, 3.8) is 0 Å². The molecular weight excluding hydrogens is 410 g/mol. The van der Waals surface area contributed by atoms with Crippen LogP contribution in [0.5, 0.6) is 11.5 Å². The lowest BCUT2D eigenvalue weighted by molar-refractivity contribution is -0.137. The molecule has 1 fully saturated rings. The summed E-state index contributed by atoms with van der Waals surface area (Å²) in [6.07, 6.45) is 1.31. The molecule has 10 heteroatoms. The Morgan fingerprint density at radius 2 is 1.81 bits per heavy atom. The fourth-order valence-corrected chi connectivity index (χ4v) is 2.91. The zero-order valence-electron chi connectivity index (χ0n) is 17.3. The van der Waals surface area contributed by atoms with Gasteiger partial charge in [0.15, 0.2) is 18.1 Å². The van der Waals surface area contributed by atoms with Crippen LogP contribution in [0.2, 0.25) is 0 Å². The highest BCUT2D eigenvalue weighted by Crippen LogP contribution is 2.28. The van der Waals surface area contributed by atoms with Crippen LogP contribution in [0.3, 0.4) is 0 Å². The van der Waals surface area contributed by atoms with Gasteiger partial charge in [0.05, 0.1) is 39.3 Å². The van der Waals surface area contributed by atoms with Crippen LogP contribution >= 0.6 is 0 Å². The van der Waals surface area contributed by atoms with Crippen LogP contribution in [0.25, 0.3) is 0 Å². The molecule has 0 N–H and O–H groups in total. The summed E-state index contributed by atoms with van der Waals surface area (Å²) in [6, 6.07) is 5.99. The summed E-state index contributed by atoms with van der Waals surface area (Å²) < 4.78 is 31.0. The number of ether oxygens (including phenoxy) is 5. The summed E-state index contributed by atoms with van der Waals surface area (Å²) in [5.41, 5.74) is 0.598. The first kappa shape index (κ1) is 22.2. The standard InChI is InChI=1S/C21H23NO9/c1-26-17-11-14(20(24)31-12-15-5-8-29-19(15)21(25)27-2)3-4-16(17)30-13-18(23)22-6-9-28-10-7-22/h3-5,8,11H,6-7,9-10,12-13H2,1-2H3. The number of amides is 1. The number of esters is 2. The van der Waals surface area contributed by atoms with Gasteiger partial charge in [0.25, 0.3) is 5.91 Å². The van der Waals surface area contributed by atoms with E-state index in [0.29, 0.717) is 37.6 Å². The molecule has 3 rings (SSSR count). The number of carbonyl (C=O) groups excluding carboxylic acids is 3. The van der Waals surface area contributed by atoms with Gasteiger partial charge in [-0.1, -0.05) is 0 Å². The first-order valence-corrected chi connectivity index (χ1v) is 9.51. The largest absolute Gasteiger partial charge is 0.493 e. The summed E-state index contributed by atoms with van der Waals surface area (Å²) in [4.78, 5) is 37.9. The topological polar surface area (TPSA) is 114 Å². The van der Waals surface area contributed by atoms with Crippen molar-refractivity contribution in [2.24, 2.45) is 0 Å². The third-order valence-corrected chi connectivity index (χ3v) is 4.59. The van der Waals surface area contributed by atoms with E-state index in [1.54, 1.807) is 4.90 Å². The molecule has 31 heavy (non-hydrogen) atoms. The Bertz CT molecular complexity index is 931. The minimum atomic E-state index is -0.661. The van der Waals surface area contributed by atoms with E-state index in [4.69, 9.17) is 23.4 Å². The average molecular weight is 433 g/mol. The van der Waals surface area contributed by atoms with Crippen molar-refractivity contribution in [2.75, 3.05) is 47.1 Å². The van der Waals surface area contributed by atoms with Crippen LogP contribution in [-0.4, -0.2) is 69.9 Å². The molecule has 1 aromatic heterocycles. The minimum Gasteiger partial charge on any atom is -0.493 e. The lowest BCUT2D eigenvalue weighted by Crippen LogP contribution is -2.43. The quantitative estimate of drug-likeness (QED) is 0.574. The Kier molecular flexibility index (Phi) is 7.50. The molecular formula is C21H23NO9. The van der Waals surface area contributed by atoms with E-state index in [-0.39, 0.29) is 36.2 Å². The van der Waals surface area contributed by atoms with Crippen molar-refractivity contribution in [3.8, 4) is 11.5 Å². The van der Waals surface area contributed by atoms with Gasteiger partial charge in [0.1, 0.15) is 6.61 Å². The molecule has 0 radical (unpaired) electrons. The molecule has 1 amide bonds. The molecule has 2 heterocycles. The lowest BCUT2D eigenvalue weighted by Gasteiger charge is -2.26. The van der Waals surface area contributed by atoms with Crippen LogP contribution in [-0.2, 0) is 25.6 Å². The molecule has 1 aliphatic rings. The van der Waals surface area contributed by atoms with Crippen molar-refractivity contribution in [1.29, 1.82) is 0 Å². The molecule has 0 aliphatic carbocycles. The van der Waals surface area contributed by atoms with Crippen LogP contribution < -0.4 is 9.47 Å². The predicted molar refractivity (Wildman–Crippen MR) is 105 cm³/mol. The van der Waals surface area contributed by atoms with E-state index in [9.17, 15) is 14.4 Å². The van der Waals surface area contributed by atoms with E-state index < -0.39 is 11.9 Å². The maximum absolute atomic E-state index is 12.4. The van der Waals surface area contributed by atoms with Gasteiger partial charge in [-0.25, -0.2) is 9.59 Å². The molecule has 2 aromatic rings. The zero-order chi connectivity index (χ0) is 22.2. The van der Waals surface area contributed by atoms with Crippen molar-refractivity contribution in [1.82, 2.24) is 4.90 Å². The number of rotatable bonds is 8. The molecule has 0 spiro atoms. The second-order valence-corrected chi connectivity index (χ2v) is 6.49. The van der Waals surface area contributed by atoms with Crippen LogP contribution in [0.4, 0.5) is 0 Å². The molecule has 10 nitrogen and oxygen atoms in total. The van der Waals surface area contributed by atoms with Crippen molar-refractivity contribution in [2.45, 2.75) is 6.61 Å². The molecule has 0 unspecified atom stereocenters. The molecule has 1 saturated heterocycles. The Morgan fingerprint density at radius 3 is 2.52 bits per heavy atom. The molecule has 0 atom stereocenters. The predicted octanol–water partition coefficient (Wildman–Crippen LogP) is 1.67. The summed E-state index contributed by atoms with van der Waals surface area (Å²) >= 11 is 0. The number of benzene rings is 1. The van der Waals surface area contributed by atoms with Gasteiger partial charge in [-0.3, -0.25) is 4.79 Å². The average Bonchev–Trinajstić information content (AvgIpc) is 3.29. The van der Waals surface area contributed by atoms with Gasteiger partial charge in [-0.05, 0) is 24.3 Å². The normalized spacial score (nSPS) is 13.4. The maximum Gasteiger partial charge on any atom is 0.374 e. The Hall–Kier alpha value is -3.53. The van der Waals surface area contributed by atoms with Gasteiger partial charge in [0.2, 0.25) is 5.76 Å². The Balaban J connectivity index is 1.59. The van der Waals surface area contributed by atoms with Crippen LogP contribution in [0, 0.1) is 0 Å². The van der Waals surface area contributed by atoms with Gasteiger partial charge < -0.3 is 33.0 Å². The van der Waals surface area contributed by atoms with Crippen molar-refractivity contribution >= 4 is 17.8 Å². The van der Waals surface area contributed by atoms with E-state index in [2.05, 4.69) is 4.74 Å². The fourth-order valence-electron chi connectivity index (χ4n) is 2.91. The third kappa shape index (κ3) is 5.54. The Labute approximate surface area is 178 Å². The van der Waals surface area contributed by atoms with Gasteiger partial charge in [0, 0.05) is 18.7 Å². The summed E-state index contributed by atoms with van der Waals surface area (Å²) in [6.45, 7) is 1.74. The molecule has 0 bridgehead atoms. The molecule has 1 aromatic carbocycles. The molecule has 0 saturated carbocycles. The monoisotopic (exact) mass is 433 g/mol. The number of morpholine rings is 1. The maximum atomic E-state index is 12.4. The SMILES string of the molecule is COC(=O)c1occc1COC(=O)c1ccc(OCC(=O)N2CCOCC2)c(OC)c1. The smallest absolute Gasteiger partial charge is 0.374 e. The highest BCUT2D eigenvalue weighted by Gasteiger charge is 2.20.